The Balaban J connectivity index is 2.52. The van der Waals surface area contributed by atoms with E-state index in [1.807, 2.05) is 19.1 Å². The van der Waals surface area contributed by atoms with E-state index < -0.39 is 0 Å². The van der Waals surface area contributed by atoms with Crippen molar-refractivity contribution in [2.24, 2.45) is 0 Å². The number of hydrogen-bond donors (Lipinski definition) is 0. The first-order chi connectivity index (χ1) is 7.63. The summed E-state index contributed by atoms with van der Waals surface area (Å²) in [5.41, 5.74) is 4.38. The number of hydrogen-bond acceptors (Lipinski definition) is 1. The zero-order chi connectivity index (χ0) is 11.7. The van der Waals surface area contributed by atoms with Crippen LogP contribution in [0.15, 0.2) is 24.3 Å². The number of benzene rings is 1. The minimum Gasteiger partial charge on any atom is -0.222 e. The van der Waals surface area contributed by atoms with Gasteiger partial charge in [-0.2, -0.15) is 5.10 Å². The van der Waals surface area contributed by atoms with Gasteiger partial charge in [-0.1, -0.05) is 36.2 Å². The summed E-state index contributed by atoms with van der Waals surface area (Å²) < 4.78 is 1.80. The van der Waals surface area contributed by atoms with Crippen molar-refractivity contribution in [3.8, 4) is 5.69 Å². The fourth-order valence-corrected chi connectivity index (χ4v) is 1.95. The van der Waals surface area contributed by atoms with Gasteiger partial charge in [-0.05, 0) is 32.4 Å². The molecule has 0 radical (unpaired) electrons. The lowest BCUT2D eigenvalue weighted by Crippen LogP contribution is -1.97. The Hall–Kier alpha value is -1.28. The van der Waals surface area contributed by atoms with Gasteiger partial charge in [0.05, 0.1) is 11.4 Å². The minimum absolute atomic E-state index is 0.709. The Morgan fingerprint density at radius 1 is 1.19 bits per heavy atom. The molecule has 1 aromatic carbocycles. The lowest BCUT2D eigenvalue weighted by atomic mass is 10.2. The smallest absolute Gasteiger partial charge is 0.136 e. The molecule has 1 aromatic heterocycles. The molecule has 0 N–H and O–H groups in total. The minimum atomic E-state index is 0.709. The maximum atomic E-state index is 6.27. The van der Waals surface area contributed by atoms with Crippen LogP contribution < -0.4 is 0 Å². The highest BCUT2D eigenvalue weighted by atomic mass is 35.5. The molecule has 0 saturated heterocycles. The van der Waals surface area contributed by atoms with Crippen molar-refractivity contribution in [3.63, 3.8) is 0 Å². The lowest BCUT2D eigenvalue weighted by Gasteiger charge is -2.03. The second-order valence-corrected chi connectivity index (χ2v) is 4.32. The molecule has 0 aliphatic heterocycles. The summed E-state index contributed by atoms with van der Waals surface area (Å²) in [6, 6.07) is 8.20. The van der Waals surface area contributed by atoms with E-state index in [9.17, 15) is 0 Å². The summed E-state index contributed by atoms with van der Waals surface area (Å²) >= 11 is 6.27. The van der Waals surface area contributed by atoms with Gasteiger partial charge in [-0.3, -0.25) is 0 Å². The Morgan fingerprint density at radius 2 is 1.81 bits per heavy atom. The van der Waals surface area contributed by atoms with E-state index in [-0.39, 0.29) is 0 Å². The van der Waals surface area contributed by atoms with Gasteiger partial charge in [-0.25, -0.2) is 4.68 Å². The van der Waals surface area contributed by atoms with Crippen molar-refractivity contribution in [3.05, 3.63) is 46.2 Å². The van der Waals surface area contributed by atoms with Crippen molar-refractivity contribution in [2.45, 2.75) is 27.2 Å². The molecule has 3 heteroatoms. The molecular weight excluding hydrogens is 220 g/mol. The zero-order valence-electron chi connectivity index (χ0n) is 9.79. The number of rotatable bonds is 2. The Bertz CT molecular complexity index is 497. The monoisotopic (exact) mass is 234 g/mol. The molecule has 0 amide bonds. The van der Waals surface area contributed by atoms with Gasteiger partial charge >= 0.3 is 0 Å². The van der Waals surface area contributed by atoms with Crippen molar-refractivity contribution >= 4 is 11.6 Å². The summed E-state index contributed by atoms with van der Waals surface area (Å²) in [7, 11) is 0. The van der Waals surface area contributed by atoms with Gasteiger partial charge in [0.25, 0.3) is 0 Å². The first kappa shape index (κ1) is 11.2. The van der Waals surface area contributed by atoms with Crippen LogP contribution in [-0.4, -0.2) is 9.78 Å². The van der Waals surface area contributed by atoms with Gasteiger partial charge in [0.1, 0.15) is 5.15 Å². The number of halogens is 1. The van der Waals surface area contributed by atoms with Crippen LogP contribution in [0.2, 0.25) is 5.15 Å². The second kappa shape index (κ2) is 4.30. The van der Waals surface area contributed by atoms with E-state index in [0.29, 0.717) is 5.15 Å². The Kier molecular flexibility index (Phi) is 3.01. The van der Waals surface area contributed by atoms with Crippen LogP contribution in [0.4, 0.5) is 0 Å². The molecule has 0 aliphatic carbocycles. The fourth-order valence-electron chi connectivity index (χ4n) is 1.71. The first-order valence-corrected chi connectivity index (χ1v) is 5.82. The van der Waals surface area contributed by atoms with E-state index in [0.717, 1.165) is 23.4 Å². The number of aryl methyl sites for hydroxylation is 2. The van der Waals surface area contributed by atoms with E-state index >= 15 is 0 Å². The number of aromatic nitrogens is 2. The highest BCUT2D eigenvalue weighted by Crippen LogP contribution is 2.23. The maximum Gasteiger partial charge on any atom is 0.136 e. The summed E-state index contributed by atoms with van der Waals surface area (Å²) in [4.78, 5) is 0. The average molecular weight is 235 g/mol. The van der Waals surface area contributed by atoms with Crippen LogP contribution in [0, 0.1) is 13.8 Å². The fraction of sp³-hybridized carbons (Fsp3) is 0.308. The summed E-state index contributed by atoms with van der Waals surface area (Å²) in [6.45, 7) is 6.17. The largest absolute Gasteiger partial charge is 0.222 e. The normalized spacial score (nSPS) is 10.8. The van der Waals surface area contributed by atoms with E-state index in [1.165, 1.54) is 5.56 Å². The zero-order valence-corrected chi connectivity index (χ0v) is 10.5. The highest BCUT2D eigenvalue weighted by Gasteiger charge is 2.11. The molecule has 2 rings (SSSR count). The van der Waals surface area contributed by atoms with Gasteiger partial charge in [0.2, 0.25) is 0 Å². The second-order valence-electron chi connectivity index (χ2n) is 3.96. The molecule has 0 spiro atoms. The topological polar surface area (TPSA) is 17.8 Å². The van der Waals surface area contributed by atoms with Crippen LogP contribution in [-0.2, 0) is 6.42 Å². The quantitative estimate of drug-likeness (QED) is 0.775. The number of nitrogens with zero attached hydrogens (tertiary/aromatic N) is 2. The standard InChI is InChI=1S/C13H15ClN2/c1-4-12-10(3)13(14)16(15-12)11-7-5-9(2)6-8-11/h5-8H,4H2,1-3H3. The molecule has 0 atom stereocenters. The van der Waals surface area contributed by atoms with Crippen LogP contribution >= 0.6 is 11.6 Å². The molecule has 0 unspecified atom stereocenters. The molecule has 2 aromatic rings. The van der Waals surface area contributed by atoms with Crippen LogP contribution in [0.5, 0.6) is 0 Å². The highest BCUT2D eigenvalue weighted by molar-refractivity contribution is 6.30. The lowest BCUT2D eigenvalue weighted by molar-refractivity contribution is 0.841. The van der Waals surface area contributed by atoms with Crippen molar-refractivity contribution in [1.82, 2.24) is 9.78 Å². The van der Waals surface area contributed by atoms with Crippen molar-refractivity contribution in [2.75, 3.05) is 0 Å². The molecule has 0 aliphatic rings. The Labute approximate surface area is 101 Å². The molecule has 0 fully saturated rings. The maximum absolute atomic E-state index is 6.27. The van der Waals surface area contributed by atoms with Crippen molar-refractivity contribution in [1.29, 1.82) is 0 Å². The van der Waals surface area contributed by atoms with Crippen LogP contribution in [0.3, 0.4) is 0 Å². The molecule has 84 valence electrons. The predicted molar refractivity (Wildman–Crippen MR) is 67.4 cm³/mol. The third-order valence-electron chi connectivity index (χ3n) is 2.76. The SMILES string of the molecule is CCc1nn(-c2ccc(C)cc2)c(Cl)c1C. The van der Waals surface area contributed by atoms with Crippen molar-refractivity contribution < 1.29 is 0 Å². The van der Waals surface area contributed by atoms with E-state index in [2.05, 4.69) is 31.1 Å². The molecule has 16 heavy (non-hydrogen) atoms. The van der Waals surface area contributed by atoms with E-state index in [1.54, 1.807) is 4.68 Å². The van der Waals surface area contributed by atoms with Crippen LogP contribution in [0.1, 0.15) is 23.7 Å². The van der Waals surface area contributed by atoms with Gasteiger partial charge < -0.3 is 0 Å². The van der Waals surface area contributed by atoms with Gasteiger partial charge in [0.15, 0.2) is 0 Å². The van der Waals surface area contributed by atoms with Gasteiger partial charge in [0, 0.05) is 5.56 Å². The molecule has 0 saturated carbocycles. The molecule has 1 heterocycles. The average Bonchev–Trinajstić information content (AvgIpc) is 2.57. The van der Waals surface area contributed by atoms with E-state index in [4.69, 9.17) is 11.6 Å². The van der Waals surface area contributed by atoms with Crippen LogP contribution in [0.25, 0.3) is 5.69 Å². The summed E-state index contributed by atoms with van der Waals surface area (Å²) in [5, 5.41) is 5.22. The third kappa shape index (κ3) is 1.85. The molecule has 0 bridgehead atoms. The summed E-state index contributed by atoms with van der Waals surface area (Å²) in [6.07, 6.45) is 0.907. The third-order valence-corrected chi connectivity index (χ3v) is 3.21. The Morgan fingerprint density at radius 3 is 2.31 bits per heavy atom. The first-order valence-electron chi connectivity index (χ1n) is 5.44. The molecular formula is C13H15ClN2. The summed E-state index contributed by atoms with van der Waals surface area (Å²) in [5.74, 6) is 0. The van der Waals surface area contributed by atoms with Gasteiger partial charge in [-0.15, -0.1) is 0 Å². The predicted octanol–water partition coefficient (Wildman–Crippen LogP) is 3.70. The molecule has 2 nitrogen and oxygen atoms in total.